The monoisotopic (exact) mass is 437 g/mol. The first-order valence-corrected chi connectivity index (χ1v) is 10.7. The van der Waals surface area contributed by atoms with E-state index in [0.717, 1.165) is 12.0 Å². The third-order valence-corrected chi connectivity index (χ3v) is 5.59. The Bertz CT molecular complexity index is 1050. The molecule has 31 heavy (non-hydrogen) atoms. The Kier molecular flexibility index (Phi) is 6.62. The second-order valence-electron chi connectivity index (χ2n) is 7.79. The average Bonchev–Trinajstić information content (AvgIpc) is 3.38. The predicted octanol–water partition coefficient (Wildman–Crippen LogP) is 2.95. The minimum atomic E-state index is -0.272. The fraction of sp³-hybridized carbons (Fsp3) is 0.304. The molecular weight excluding hydrogens is 414 g/mol. The second-order valence-corrected chi connectivity index (χ2v) is 8.22. The number of halogens is 1. The highest BCUT2D eigenvalue weighted by Crippen LogP contribution is 2.21. The van der Waals surface area contributed by atoms with Gasteiger partial charge in [-0.05, 0) is 29.7 Å². The number of aromatic nitrogens is 3. The molecular formula is C23H24ClN5O2. The Hall–Kier alpha value is -3.19. The lowest BCUT2D eigenvalue weighted by atomic mass is 10.1. The standard InChI is InChI=1S/C23H24ClN5O2/c24-20-8-4-7-18(11-20)14-28-15-19(12-22(28)30)13-25-23(31)21-16-29(27-26-21)10-9-17-5-2-1-3-6-17/h1-8,11,16,19H,9-10,12-15H2,(H,25,31). The van der Waals surface area contributed by atoms with Gasteiger partial charge in [0.05, 0.1) is 6.20 Å². The summed E-state index contributed by atoms with van der Waals surface area (Å²) in [6.07, 6.45) is 2.89. The van der Waals surface area contributed by atoms with E-state index < -0.39 is 0 Å². The van der Waals surface area contributed by atoms with E-state index in [1.54, 1.807) is 10.9 Å². The van der Waals surface area contributed by atoms with Crippen molar-refractivity contribution >= 4 is 23.4 Å². The second kappa shape index (κ2) is 9.75. The molecule has 0 spiro atoms. The minimum absolute atomic E-state index is 0.0729. The molecule has 4 rings (SSSR count). The molecule has 1 aliphatic rings. The molecule has 1 fully saturated rings. The molecule has 7 nitrogen and oxygen atoms in total. The van der Waals surface area contributed by atoms with Crippen LogP contribution in [0.15, 0.2) is 60.8 Å². The maximum Gasteiger partial charge on any atom is 0.273 e. The highest BCUT2D eigenvalue weighted by Gasteiger charge is 2.30. The van der Waals surface area contributed by atoms with Gasteiger partial charge in [0.25, 0.3) is 5.91 Å². The van der Waals surface area contributed by atoms with Gasteiger partial charge in [-0.1, -0.05) is 59.3 Å². The molecule has 3 aromatic rings. The van der Waals surface area contributed by atoms with Crippen molar-refractivity contribution in [3.05, 3.63) is 82.6 Å². The molecule has 1 N–H and O–H groups in total. The topological polar surface area (TPSA) is 80.1 Å². The molecule has 8 heteroatoms. The summed E-state index contributed by atoms with van der Waals surface area (Å²) in [5.74, 6) is -0.110. The minimum Gasteiger partial charge on any atom is -0.350 e. The van der Waals surface area contributed by atoms with E-state index in [9.17, 15) is 9.59 Å². The highest BCUT2D eigenvalue weighted by atomic mass is 35.5. The molecule has 1 unspecified atom stereocenters. The van der Waals surface area contributed by atoms with Crippen LogP contribution in [0.25, 0.3) is 0 Å². The van der Waals surface area contributed by atoms with E-state index in [1.807, 2.05) is 47.4 Å². The van der Waals surface area contributed by atoms with Crippen molar-refractivity contribution in [1.82, 2.24) is 25.2 Å². The van der Waals surface area contributed by atoms with Gasteiger partial charge in [0.2, 0.25) is 5.91 Å². The van der Waals surface area contributed by atoms with Gasteiger partial charge >= 0.3 is 0 Å². The summed E-state index contributed by atoms with van der Waals surface area (Å²) in [6, 6.07) is 17.6. The van der Waals surface area contributed by atoms with Gasteiger partial charge in [0.15, 0.2) is 5.69 Å². The lowest BCUT2D eigenvalue weighted by molar-refractivity contribution is -0.128. The van der Waals surface area contributed by atoms with Gasteiger partial charge in [-0.2, -0.15) is 0 Å². The highest BCUT2D eigenvalue weighted by molar-refractivity contribution is 6.30. The van der Waals surface area contributed by atoms with Crippen LogP contribution in [0, 0.1) is 5.92 Å². The number of hydrogen-bond donors (Lipinski definition) is 1. The third kappa shape index (κ3) is 5.70. The Morgan fingerprint density at radius 2 is 1.94 bits per heavy atom. The van der Waals surface area contributed by atoms with Crippen molar-refractivity contribution in [2.45, 2.75) is 25.9 Å². The van der Waals surface area contributed by atoms with Crippen LogP contribution in [0.2, 0.25) is 5.02 Å². The number of rotatable bonds is 8. The van der Waals surface area contributed by atoms with Gasteiger partial charge in [-0.25, -0.2) is 0 Å². The maximum atomic E-state index is 12.4. The van der Waals surface area contributed by atoms with E-state index in [4.69, 9.17) is 11.6 Å². The summed E-state index contributed by atoms with van der Waals surface area (Å²) in [5, 5.41) is 11.6. The number of benzene rings is 2. The van der Waals surface area contributed by atoms with Gasteiger partial charge in [-0.15, -0.1) is 5.10 Å². The predicted molar refractivity (Wildman–Crippen MR) is 117 cm³/mol. The van der Waals surface area contributed by atoms with Crippen LogP contribution in [0.4, 0.5) is 0 Å². The number of carbonyl (C=O) groups is 2. The first-order valence-electron chi connectivity index (χ1n) is 10.3. The fourth-order valence-electron chi connectivity index (χ4n) is 3.73. The molecule has 2 heterocycles. The largest absolute Gasteiger partial charge is 0.350 e. The average molecular weight is 438 g/mol. The third-order valence-electron chi connectivity index (χ3n) is 5.35. The van der Waals surface area contributed by atoms with E-state index >= 15 is 0 Å². The zero-order chi connectivity index (χ0) is 21.6. The molecule has 1 atom stereocenters. The number of nitrogens with one attached hydrogen (secondary N) is 1. The summed E-state index contributed by atoms with van der Waals surface area (Å²) in [5.41, 5.74) is 2.49. The number of hydrogen-bond acceptors (Lipinski definition) is 4. The van der Waals surface area contributed by atoms with Crippen LogP contribution in [-0.4, -0.2) is 44.8 Å². The number of carbonyl (C=O) groups excluding carboxylic acids is 2. The van der Waals surface area contributed by atoms with Crippen LogP contribution in [0.5, 0.6) is 0 Å². The molecule has 1 saturated heterocycles. The quantitative estimate of drug-likeness (QED) is 0.587. The van der Waals surface area contributed by atoms with Crippen LogP contribution < -0.4 is 5.32 Å². The van der Waals surface area contributed by atoms with Crippen molar-refractivity contribution in [2.75, 3.05) is 13.1 Å². The molecule has 0 radical (unpaired) electrons. The van der Waals surface area contributed by atoms with Crippen molar-refractivity contribution in [1.29, 1.82) is 0 Å². The molecule has 1 aliphatic heterocycles. The Balaban J connectivity index is 1.24. The number of likely N-dealkylation sites (tertiary alicyclic amines) is 1. The van der Waals surface area contributed by atoms with Crippen molar-refractivity contribution in [2.24, 2.45) is 5.92 Å². The zero-order valence-corrected chi connectivity index (χ0v) is 17.8. The van der Waals surface area contributed by atoms with E-state index in [1.165, 1.54) is 5.56 Å². The summed E-state index contributed by atoms with van der Waals surface area (Å²) < 4.78 is 1.67. The fourth-order valence-corrected chi connectivity index (χ4v) is 3.94. The normalized spacial score (nSPS) is 16.0. The van der Waals surface area contributed by atoms with Crippen LogP contribution in [-0.2, 0) is 24.3 Å². The smallest absolute Gasteiger partial charge is 0.273 e. The summed E-state index contributed by atoms with van der Waals surface area (Å²) in [4.78, 5) is 26.6. The molecule has 2 aromatic carbocycles. The summed E-state index contributed by atoms with van der Waals surface area (Å²) in [7, 11) is 0. The Morgan fingerprint density at radius 3 is 2.74 bits per heavy atom. The van der Waals surface area contributed by atoms with Crippen molar-refractivity contribution in [3.8, 4) is 0 Å². The van der Waals surface area contributed by atoms with Gasteiger partial charge in [-0.3, -0.25) is 14.3 Å². The van der Waals surface area contributed by atoms with Gasteiger partial charge < -0.3 is 10.2 Å². The molecule has 0 saturated carbocycles. The lowest BCUT2D eigenvalue weighted by Crippen LogP contribution is -2.31. The summed E-state index contributed by atoms with van der Waals surface area (Å²) >= 11 is 6.03. The number of amides is 2. The molecule has 160 valence electrons. The zero-order valence-electron chi connectivity index (χ0n) is 17.1. The van der Waals surface area contributed by atoms with Crippen molar-refractivity contribution in [3.63, 3.8) is 0 Å². The number of nitrogens with zero attached hydrogens (tertiary/aromatic N) is 4. The first-order chi connectivity index (χ1) is 15.1. The molecule has 1 aromatic heterocycles. The van der Waals surface area contributed by atoms with E-state index in [2.05, 4.69) is 27.8 Å². The number of aryl methyl sites for hydroxylation is 2. The van der Waals surface area contributed by atoms with Crippen LogP contribution in [0.3, 0.4) is 0 Å². The Morgan fingerprint density at radius 1 is 1.13 bits per heavy atom. The Labute approximate surface area is 186 Å². The lowest BCUT2D eigenvalue weighted by Gasteiger charge is -2.17. The molecule has 0 aliphatic carbocycles. The van der Waals surface area contributed by atoms with Crippen molar-refractivity contribution < 1.29 is 9.59 Å². The van der Waals surface area contributed by atoms with Crippen LogP contribution in [0.1, 0.15) is 28.0 Å². The van der Waals surface area contributed by atoms with Gasteiger partial charge in [0, 0.05) is 43.5 Å². The molecule has 0 bridgehead atoms. The van der Waals surface area contributed by atoms with E-state index in [0.29, 0.717) is 37.6 Å². The summed E-state index contributed by atoms with van der Waals surface area (Å²) in [6.45, 7) is 2.21. The molecule has 2 amide bonds. The van der Waals surface area contributed by atoms with Gasteiger partial charge in [0.1, 0.15) is 0 Å². The first kappa shape index (κ1) is 21.1. The van der Waals surface area contributed by atoms with E-state index in [-0.39, 0.29) is 23.4 Å². The maximum absolute atomic E-state index is 12.4. The SMILES string of the molecule is O=C(NCC1CC(=O)N(Cc2cccc(Cl)c2)C1)c1cn(CCc2ccccc2)nn1. The van der Waals surface area contributed by atoms with Crippen LogP contribution >= 0.6 is 11.6 Å².